The fraction of sp³-hybridized carbons (Fsp3) is 0.400. The predicted molar refractivity (Wildman–Crippen MR) is 70.6 cm³/mol. The standard InChI is InChI=1S/C15H15F3O2/c1-14(2,3)8-9-6-13(19)20-12-5-4-10(7-11(9)12)15(16,17)18/h4-7H,8H2,1-3H3. The van der Waals surface area contributed by atoms with Gasteiger partial charge in [0, 0.05) is 11.5 Å². The highest BCUT2D eigenvalue weighted by atomic mass is 19.4. The molecule has 0 N–H and O–H groups in total. The van der Waals surface area contributed by atoms with Crippen LogP contribution in [-0.2, 0) is 12.6 Å². The van der Waals surface area contributed by atoms with Crippen molar-refractivity contribution in [2.24, 2.45) is 5.41 Å². The van der Waals surface area contributed by atoms with Crippen LogP contribution < -0.4 is 5.63 Å². The molecule has 0 aliphatic rings. The van der Waals surface area contributed by atoms with Crippen LogP contribution >= 0.6 is 0 Å². The summed E-state index contributed by atoms with van der Waals surface area (Å²) in [7, 11) is 0. The third-order valence-corrected chi connectivity index (χ3v) is 2.88. The van der Waals surface area contributed by atoms with Crippen LogP contribution in [0.2, 0.25) is 0 Å². The molecule has 0 amide bonds. The summed E-state index contributed by atoms with van der Waals surface area (Å²) < 4.78 is 43.3. The van der Waals surface area contributed by atoms with Gasteiger partial charge in [-0.05, 0) is 35.6 Å². The summed E-state index contributed by atoms with van der Waals surface area (Å²) in [5.41, 5.74) is -0.667. The molecule has 0 bridgehead atoms. The minimum atomic E-state index is -4.41. The van der Waals surface area contributed by atoms with Crippen molar-refractivity contribution in [1.29, 1.82) is 0 Å². The van der Waals surface area contributed by atoms with Crippen LogP contribution in [-0.4, -0.2) is 0 Å². The highest BCUT2D eigenvalue weighted by Gasteiger charge is 2.31. The molecular formula is C15H15F3O2. The quantitative estimate of drug-likeness (QED) is 0.726. The predicted octanol–water partition coefficient (Wildman–Crippen LogP) is 4.40. The zero-order valence-corrected chi connectivity index (χ0v) is 11.5. The van der Waals surface area contributed by atoms with Crippen molar-refractivity contribution in [1.82, 2.24) is 0 Å². The Morgan fingerprint density at radius 3 is 2.30 bits per heavy atom. The first-order valence-corrected chi connectivity index (χ1v) is 6.20. The average Bonchev–Trinajstić information content (AvgIpc) is 2.24. The Kier molecular flexibility index (Phi) is 3.40. The van der Waals surface area contributed by atoms with Gasteiger partial charge in [0.1, 0.15) is 5.58 Å². The molecule has 0 aliphatic carbocycles. The van der Waals surface area contributed by atoms with Gasteiger partial charge in [-0.3, -0.25) is 0 Å². The Bertz CT molecular complexity index is 691. The molecule has 0 aliphatic heterocycles. The second-order valence-corrected chi connectivity index (χ2v) is 6.04. The van der Waals surface area contributed by atoms with Crippen molar-refractivity contribution in [3.63, 3.8) is 0 Å². The number of halogens is 3. The fourth-order valence-electron chi connectivity index (χ4n) is 2.12. The second-order valence-electron chi connectivity index (χ2n) is 6.04. The lowest BCUT2D eigenvalue weighted by atomic mass is 9.87. The first-order valence-electron chi connectivity index (χ1n) is 6.20. The van der Waals surface area contributed by atoms with Crippen LogP contribution in [0.5, 0.6) is 0 Å². The zero-order chi connectivity index (χ0) is 15.1. The molecule has 0 saturated carbocycles. The first-order chi connectivity index (χ1) is 9.06. The minimum absolute atomic E-state index is 0.144. The molecule has 20 heavy (non-hydrogen) atoms. The third kappa shape index (κ3) is 3.21. The maximum Gasteiger partial charge on any atom is 0.416 e. The van der Waals surface area contributed by atoms with E-state index in [4.69, 9.17) is 4.42 Å². The van der Waals surface area contributed by atoms with E-state index < -0.39 is 17.4 Å². The lowest BCUT2D eigenvalue weighted by molar-refractivity contribution is -0.137. The monoisotopic (exact) mass is 284 g/mol. The van der Waals surface area contributed by atoms with Crippen molar-refractivity contribution in [3.05, 3.63) is 45.8 Å². The van der Waals surface area contributed by atoms with E-state index in [1.165, 1.54) is 12.1 Å². The van der Waals surface area contributed by atoms with Crippen molar-refractivity contribution < 1.29 is 17.6 Å². The van der Waals surface area contributed by atoms with E-state index in [0.717, 1.165) is 12.1 Å². The van der Waals surface area contributed by atoms with E-state index >= 15 is 0 Å². The molecule has 0 spiro atoms. The molecule has 1 aromatic carbocycles. The first kappa shape index (κ1) is 14.6. The van der Waals surface area contributed by atoms with Crippen molar-refractivity contribution in [3.8, 4) is 0 Å². The van der Waals surface area contributed by atoms with Gasteiger partial charge in [0.05, 0.1) is 5.56 Å². The number of alkyl halides is 3. The van der Waals surface area contributed by atoms with Gasteiger partial charge in [0.15, 0.2) is 0 Å². The van der Waals surface area contributed by atoms with Crippen LogP contribution in [0.4, 0.5) is 13.2 Å². The van der Waals surface area contributed by atoms with Crippen LogP contribution in [0.3, 0.4) is 0 Å². The van der Waals surface area contributed by atoms with Gasteiger partial charge >= 0.3 is 11.8 Å². The molecule has 0 fully saturated rings. The van der Waals surface area contributed by atoms with Gasteiger partial charge in [-0.2, -0.15) is 13.2 Å². The maximum absolute atomic E-state index is 12.8. The Labute approximate surface area is 114 Å². The normalized spacial score (nSPS) is 12.9. The summed E-state index contributed by atoms with van der Waals surface area (Å²) in [5, 5.41) is 0.342. The number of hydrogen-bond acceptors (Lipinski definition) is 2. The lowest BCUT2D eigenvalue weighted by Crippen LogP contribution is -2.12. The molecule has 5 heteroatoms. The van der Waals surface area contributed by atoms with Crippen molar-refractivity contribution in [2.75, 3.05) is 0 Å². The molecule has 2 aromatic rings. The molecule has 0 radical (unpaired) electrons. The molecule has 2 nitrogen and oxygen atoms in total. The van der Waals surface area contributed by atoms with E-state index in [2.05, 4.69) is 0 Å². The number of rotatable bonds is 1. The van der Waals surface area contributed by atoms with Gasteiger partial charge in [0.2, 0.25) is 0 Å². The smallest absolute Gasteiger partial charge is 0.416 e. The van der Waals surface area contributed by atoms with Gasteiger partial charge in [-0.15, -0.1) is 0 Å². The molecule has 0 atom stereocenters. The Balaban J connectivity index is 2.69. The summed E-state index contributed by atoms with van der Waals surface area (Å²) >= 11 is 0. The molecular weight excluding hydrogens is 269 g/mol. The van der Waals surface area contributed by atoms with Crippen LogP contribution in [0.15, 0.2) is 33.5 Å². The van der Waals surface area contributed by atoms with Crippen molar-refractivity contribution >= 4 is 11.0 Å². The summed E-state index contributed by atoms with van der Waals surface area (Å²) in [6.07, 6.45) is -3.92. The molecule has 0 saturated heterocycles. The van der Waals surface area contributed by atoms with E-state index in [9.17, 15) is 18.0 Å². The SMILES string of the molecule is CC(C)(C)Cc1cc(=O)oc2ccc(C(F)(F)F)cc12. The van der Waals surface area contributed by atoms with E-state index in [0.29, 0.717) is 17.4 Å². The summed E-state index contributed by atoms with van der Waals surface area (Å²) in [4.78, 5) is 11.5. The van der Waals surface area contributed by atoms with Gasteiger partial charge in [-0.25, -0.2) is 4.79 Å². The number of hydrogen-bond donors (Lipinski definition) is 0. The largest absolute Gasteiger partial charge is 0.423 e. The molecule has 1 aromatic heterocycles. The molecule has 0 unspecified atom stereocenters. The molecule has 108 valence electrons. The number of benzene rings is 1. The fourth-order valence-corrected chi connectivity index (χ4v) is 2.12. The number of fused-ring (bicyclic) bond motifs is 1. The van der Waals surface area contributed by atoms with Gasteiger partial charge in [-0.1, -0.05) is 20.8 Å². The van der Waals surface area contributed by atoms with Crippen LogP contribution in [0.25, 0.3) is 11.0 Å². The van der Waals surface area contributed by atoms with Crippen LogP contribution in [0, 0.1) is 5.41 Å². The van der Waals surface area contributed by atoms with Gasteiger partial charge in [0.25, 0.3) is 0 Å². The highest BCUT2D eigenvalue weighted by molar-refractivity contribution is 5.81. The summed E-state index contributed by atoms with van der Waals surface area (Å²) in [6, 6.07) is 4.44. The van der Waals surface area contributed by atoms with E-state index in [1.54, 1.807) is 0 Å². The summed E-state index contributed by atoms with van der Waals surface area (Å²) in [5.74, 6) is 0. The average molecular weight is 284 g/mol. The van der Waals surface area contributed by atoms with Crippen LogP contribution in [0.1, 0.15) is 31.9 Å². The van der Waals surface area contributed by atoms with E-state index in [-0.39, 0.29) is 11.0 Å². The Morgan fingerprint density at radius 1 is 1.10 bits per heavy atom. The van der Waals surface area contributed by atoms with Gasteiger partial charge < -0.3 is 4.42 Å². The maximum atomic E-state index is 12.8. The zero-order valence-electron chi connectivity index (χ0n) is 11.5. The highest BCUT2D eigenvalue weighted by Crippen LogP contribution is 2.33. The van der Waals surface area contributed by atoms with Crippen molar-refractivity contribution in [2.45, 2.75) is 33.4 Å². The summed E-state index contributed by atoms with van der Waals surface area (Å²) in [6.45, 7) is 5.88. The second kappa shape index (κ2) is 4.65. The molecule has 1 heterocycles. The Hall–Kier alpha value is -1.78. The lowest BCUT2D eigenvalue weighted by Gasteiger charge is -2.19. The molecule has 2 rings (SSSR count). The topological polar surface area (TPSA) is 30.2 Å². The van der Waals surface area contributed by atoms with E-state index in [1.807, 2.05) is 20.8 Å². The minimum Gasteiger partial charge on any atom is -0.423 e. The Morgan fingerprint density at radius 2 is 1.75 bits per heavy atom. The third-order valence-electron chi connectivity index (χ3n) is 2.88.